The number of nitrogens with one attached hydrogen (secondary N) is 1. The van der Waals surface area contributed by atoms with Gasteiger partial charge in [0.1, 0.15) is 22.0 Å². The van der Waals surface area contributed by atoms with Crippen molar-refractivity contribution in [3.05, 3.63) is 16.6 Å². The first-order valence-electron chi connectivity index (χ1n) is 3.28. The fraction of sp³-hybridized carbons (Fsp3) is 0. The highest BCUT2D eigenvalue weighted by atomic mass is 79.9. The Bertz CT molecular complexity index is 480. The predicted octanol–water partition coefficient (Wildman–Crippen LogP) is 0.814. The number of carbonyl (C=O) groups is 1. The van der Waals surface area contributed by atoms with Crippen LogP contribution in [0.2, 0.25) is 0 Å². The lowest BCUT2D eigenvalue weighted by Crippen LogP contribution is -1.97. The van der Waals surface area contributed by atoms with Crippen LogP contribution in [-0.4, -0.2) is 31.2 Å². The average Bonchev–Trinajstić information content (AvgIpc) is 2.48. The third-order valence-electron chi connectivity index (χ3n) is 1.51. The van der Waals surface area contributed by atoms with Crippen LogP contribution in [0.3, 0.4) is 0 Å². The zero-order valence-electron chi connectivity index (χ0n) is 6.15. The minimum absolute atomic E-state index is 0.0295. The van der Waals surface area contributed by atoms with Crippen LogP contribution in [0.4, 0.5) is 0 Å². The maximum atomic E-state index is 10.6. The quantitative estimate of drug-likeness (QED) is 0.723. The van der Waals surface area contributed by atoms with Gasteiger partial charge in [-0.15, -0.1) is 0 Å². The molecule has 2 rings (SSSR count). The first-order chi connectivity index (χ1) is 6.20. The number of nitrogens with zero attached hydrogens (tertiary/aromatic N) is 3. The minimum atomic E-state index is -1.09. The normalized spacial score (nSPS) is 10.5. The second-order valence-electron chi connectivity index (χ2n) is 2.27. The van der Waals surface area contributed by atoms with Crippen molar-refractivity contribution in [3.8, 4) is 0 Å². The molecule has 0 aliphatic rings. The molecule has 0 radical (unpaired) electrons. The zero-order valence-corrected chi connectivity index (χ0v) is 7.74. The van der Waals surface area contributed by atoms with Crippen molar-refractivity contribution in [1.29, 1.82) is 0 Å². The molecule has 7 heteroatoms. The van der Waals surface area contributed by atoms with Crippen LogP contribution in [0.25, 0.3) is 11.0 Å². The summed E-state index contributed by atoms with van der Waals surface area (Å²) in [6, 6.07) is 0. The van der Waals surface area contributed by atoms with Crippen molar-refractivity contribution in [2.75, 3.05) is 0 Å². The van der Waals surface area contributed by atoms with Gasteiger partial charge in [0.05, 0.1) is 0 Å². The Labute approximate surface area is 80.1 Å². The van der Waals surface area contributed by atoms with Crippen molar-refractivity contribution < 1.29 is 9.90 Å². The van der Waals surface area contributed by atoms with Gasteiger partial charge in [0.15, 0.2) is 5.69 Å². The molecule has 0 saturated heterocycles. The Kier molecular flexibility index (Phi) is 1.73. The summed E-state index contributed by atoms with van der Waals surface area (Å²) >= 11 is 3.13. The first-order valence-corrected chi connectivity index (χ1v) is 4.07. The van der Waals surface area contributed by atoms with Crippen LogP contribution in [0, 0.1) is 0 Å². The second kappa shape index (κ2) is 2.77. The largest absolute Gasteiger partial charge is 0.476 e. The van der Waals surface area contributed by atoms with Gasteiger partial charge in [0.2, 0.25) is 0 Å². The molecule has 2 heterocycles. The van der Waals surface area contributed by atoms with E-state index in [9.17, 15) is 4.79 Å². The molecule has 2 aromatic rings. The van der Waals surface area contributed by atoms with E-state index in [0.29, 0.717) is 15.6 Å². The molecular formula is C6H3BrN4O2. The van der Waals surface area contributed by atoms with E-state index >= 15 is 0 Å². The summed E-state index contributed by atoms with van der Waals surface area (Å²) in [6.45, 7) is 0. The number of hydrogen-bond acceptors (Lipinski definition) is 4. The highest BCUT2D eigenvalue weighted by Crippen LogP contribution is 2.19. The highest BCUT2D eigenvalue weighted by Gasteiger charge is 2.14. The summed E-state index contributed by atoms with van der Waals surface area (Å²) in [4.78, 5) is 18.3. The summed E-state index contributed by atoms with van der Waals surface area (Å²) < 4.78 is 0.473. The van der Waals surface area contributed by atoms with Gasteiger partial charge in [-0.2, -0.15) is 5.10 Å². The number of aromatic nitrogens is 4. The molecule has 0 amide bonds. The van der Waals surface area contributed by atoms with E-state index in [0.717, 1.165) is 0 Å². The van der Waals surface area contributed by atoms with E-state index in [4.69, 9.17) is 5.11 Å². The Morgan fingerprint density at radius 3 is 2.92 bits per heavy atom. The number of carboxylic acids is 1. The standard InChI is InChI=1S/C6H3BrN4O2/c7-5-3-2(8-1-9-5)4(6(12)13)11-10-3/h1H,(H,10,11)(H,12,13). The van der Waals surface area contributed by atoms with E-state index in [1.807, 2.05) is 0 Å². The minimum Gasteiger partial charge on any atom is -0.476 e. The molecule has 6 nitrogen and oxygen atoms in total. The average molecular weight is 243 g/mol. The highest BCUT2D eigenvalue weighted by molar-refractivity contribution is 9.10. The van der Waals surface area contributed by atoms with Crippen LogP contribution in [0.1, 0.15) is 10.5 Å². The first kappa shape index (κ1) is 8.11. The van der Waals surface area contributed by atoms with Crippen molar-refractivity contribution in [2.45, 2.75) is 0 Å². The fourth-order valence-electron chi connectivity index (χ4n) is 0.953. The van der Waals surface area contributed by atoms with Crippen LogP contribution < -0.4 is 0 Å². The van der Waals surface area contributed by atoms with E-state index in [-0.39, 0.29) is 5.69 Å². The predicted molar refractivity (Wildman–Crippen MR) is 46.3 cm³/mol. The maximum absolute atomic E-state index is 10.6. The molecule has 66 valence electrons. The maximum Gasteiger partial charge on any atom is 0.356 e. The molecule has 0 aromatic carbocycles. The summed E-state index contributed by atoms with van der Waals surface area (Å²) in [5.41, 5.74) is 0.687. The molecule has 0 saturated carbocycles. The fourth-order valence-corrected chi connectivity index (χ4v) is 1.32. The van der Waals surface area contributed by atoms with Crippen LogP contribution in [0.15, 0.2) is 10.9 Å². The summed E-state index contributed by atoms with van der Waals surface area (Å²) in [7, 11) is 0. The number of aromatic amines is 1. The third-order valence-corrected chi connectivity index (χ3v) is 2.09. The van der Waals surface area contributed by atoms with Gasteiger partial charge in [-0.25, -0.2) is 14.8 Å². The van der Waals surface area contributed by atoms with Gasteiger partial charge < -0.3 is 5.11 Å². The smallest absolute Gasteiger partial charge is 0.356 e. The molecule has 0 spiro atoms. The van der Waals surface area contributed by atoms with E-state index in [1.165, 1.54) is 6.33 Å². The van der Waals surface area contributed by atoms with Crippen molar-refractivity contribution in [2.24, 2.45) is 0 Å². The monoisotopic (exact) mass is 242 g/mol. The van der Waals surface area contributed by atoms with Crippen LogP contribution in [0.5, 0.6) is 0 Å². The Morgan fingerprint density at radius 1 is 1.46 bits per heavy atom. The Morgan fingerprint density at radius 2 is 2.23 bits per heavy atom. The summed E-state index contributed by atoms with van der Waals surface area (Å²) in [5.74, 6) is -1.09. The molecular weight excluding hydrogens is 240 g/mol. The lowest BCUT2D eigenvalue weighted by atomic mass is 10.3. The van der Waals surface area contributed by atoms with E-state index < -0.39 is 5.97 Å². The number of rotatable bonds is 1. The number of halogens is 1. The van der Waals surface area contributed by atoms with Crippen molar-refractivity contribution in [1.82, 2.24) is 20.2 Å². The van der Waals surface area contributed by atoms with Gasteiger partial charge in [0.25, 0.3) is 0 Å². The molecule has 0 aliphatic heterocycles. The molecule has 2 N–H and O–H groups in total. The van der Waals surface area contributed by atoms with Gasteiger partial charge in [-0.05, 0) is 15.9 Å². The van der Waals surface area contributed by atoms with Crippen LogP contribution >= 0.6 is 15.9 Å². The van der Waals surface area contributed by atoms with Crippen molar-refractivity contribution >= 4 is 32.9 Å². The summed E-state index contributed by atoms with van der Waals surface area (Å²) in [6.07, 6.45) is 1.27. The number of H-pyrrole nitrogens is 1. The van der Waals surface area contributed by atoms with Gasteiger partial charge in [-0.1, -0.05) is 0 Å². The zero-order chi connectivity index (χ0) is 9.42. The van der Waals surface area contributed by atoms with Gasteiger partial charge >= 0.3 is 5.97 Å². The van der Waals surface area contributed by atoms with Gasteiger partial charge in [-0.3, -0.25) is 5.10 Å². The number of carboxylic acid groups (broad SMARTS) is 1. The van der Waals surface area contributed by atoms with Crippen molar-refractivity contribution in [3.63, 3.8) is 0 Å². The topological polar surface area (TPSA) is 91.8 Å². The molecule has 0 unspecified atom stereocenters. The molecule has 0 aliphatic carbocycles. The van der Waals surface area contributed by atoms with E-state index in [1.54, 1.807) is 0 Å². The van der Waals surface area contributed by atoms with Gasteiger partial charge in [0, 0.05) is 0 Å². The molecule has 2 aromatic heterocycles. The molecule has 0 fully saturated rings. The number of fused-ring (bicyclic) bond motifs is 1. The molecule has 13 heavy (non-hydrogen) atoms. The second-order valence-corrected chi connectivity index (χ2v) is 3.02. The molecule has 0 atom stereocenters. The number of aromatic carboxylic acids is 1. The van der Waals surface area contributed by atoms with E-state index in [2.05, 4.69) is 36.1 Å². The lowest BCUT2D eigenvalue weighted by Gasteiger charge is -1.89. The SMILES string of the molecule is O=C(O)c1[nH]nc2c(Br)ncnc12. The lowest BCUT2D eigenvalue weighted by molar-refractivity contribution is 0.0692. The number of hydrogen-bond donors (Lipinski definition) is 2. The Hall–Kier alpha value is -1.50. The summed E-state index contributed by atoms with van der Waals surface area (Å²) in [5, 5.41) is 14.8. The van der Waals surface area contributed by atoms with Crippen LogP contribution in [-0.2, 0) is 0 Å². The molecule has 0 bridgehead atoms. The third kappa shape index (κ3) is 1.17. The Balaban J connectivity index is 2.83.